The quantitative estimate of drug-likeness (QED) is 0.369. The van der Waals surface area contributed by atoms with E-state index in [1.165, 1.54) is 0 Å². The van der Waals surface area contributed by atoms with Gasteiger partial charge in [-0.1, -0.05) is 26.0 Å². The highest BCUT2D eigenvalue weighted by Gasteiger charge is 2.42. The lowest BCUT2D eigenvalue weighted by Gasteiger charge is -2.17. The first-order valence-electron chi connectivity index (χ1n) is 10.4. The molecule has 4 rings (SSSR count). The van der Waals surface area contributed by atoms with Gasteiger partial charge in [-0.3, -0.25) is 4.79 Å². The average molecular weight is 512 g/mol. The van der Waals surface area contributed by atoms with Gasteiger partial charge in [-0.05, 0) is 65.7 Å². The molecule has 1 amide bonds. The third kappa shape index (κ3) is 4.34. The zero-order valence-electron chi connectivity index (χ0n) is 18.7. The van der Waals surface area contributed by atoms with Crippen molar-refractivity contribution in [1.82, 2.24) is 9.97 Å². The molecule has 2 N–H and O–H groups in total. The van der Waals surface area contributed by atoms with Crippen molar-refractivity contribution in [2.75, 3.05) is 22.6 Å². The van der Waals surface area contributed by atoms with E-state index in [2.05, 4.69) is 56.4 Å². The number of hydrogen-bond acceptors (Lipinski definition) is 6. The normalized spacial score (nSPS) is 14.6. The first-order valence-corrected chi connectivity index (χ1v) is 12.1. The lowest BCUT2D eigenvalue weighted by molar-refractivity contribution is -0.121. The van der Waals surface area contributed by atoms with Crippen LogP contribution in [0, 0.1) is 0 Å². The largest absolute Gasteiger partial charge is 0.338 e. The monoisotopic (exact) mass is 511 g/mol. The van der Waals surface area contributed by atoms with Crippen LogP contribution >= 0.6 is 27.7 Å². The number of thioether (sulfide) groups is 1. The number of hydrogen-bond donors (Lipinski definition) is 2. The molecular weight excluding hydrogens is 486 g/mol. The number of rotatable bonds is 6. The summed E-state index contributed by atoms with van der Waals surface area (Å²) >= 11 is 5.35. The summed E-state index contributed by atoms with van der Waals surface area (Å²) in [5.74, 6) is 1.24. The molecule has 0 bridgehead atoms. The van der Waals surface area contributed by atoms with Gasteiger partial charge in [0.2, 0.25) is 11.9 Å². The number of aromatic nitrogens is 2. The highest BCUT2D eigenvalue weighted by molar-refractivity contribution is 9.10. The maximum atomic E-state index is 12.6. The fourth-order valence-corrected chi connectivity index (χ4v) is 4.95. The number of benzene rings is 2. The molecule has 8 heteroatoms. The molecule has 0 fully saturated rings. The minimum atomic E-state index is -0.563. The van der Waals surface area contributed by atoms with Crippen LogP contribution in [-0.4, -0.2) is 28.2 Å². The highest BCUT2D eigenvalue weighted by atomic mass is 79.9. The Morgan fingerprint density at radius 3 is 2.62 bits per heavy atom. The van der Waals surface area contributed by atoms with E-state index in [9.17, 15) is 4.79 Å². The molecule has 0 radical (unpaired) electrons. The number of halogens is 1. The summed E-state index contributed by atoms with van der Waals surface area (Å²) in [5, 5.41) is 7.18. The van der Waals surface area contributed by atoms with Crippen LogP contribution in [0.3, 0.4) is 0 Å². The van der Waals surface area contributed by atoms with Crippen molar-refractivity contribution in [1.29, 1.82) is 0 Å². The van der Waals surface area contributed by atoms with Crippen molar-refractivity contribution in [2.45, 2.75) is 43.3 Å². The summed E-state index contributed by atoms with van der Waals surface area (Å²) in [5.41, 5.74) is 3.20. The first-order chi connectivity index (χ1) is 15.2. The van der Waals surface area contributed by atoms with Crippen LogP contribution in [0.15, 0.2) is 58.0 Å². The Morgan fingerprint density at radius 1 is 1.12 bits per heavy atom. The number of fused-ring (bicyclic) bond motifs is 1. The van der Waals surface area contributed by atoms with E-state index in [0.29, 0.717) is 17.0 Å². The highest BCUT2D eigenvalue weighted by Crippen LogP contribution is 2.42. The second-order valence-electron chi connectivity index (χ2n) is 8.52. The van der Waals surface area contributed by atoms with E-state index >= 15 is 0 Å². The number of carbonyl (C=O) groups excluding carboxylic acids is 1. The maximum absolute atomic E-state index is 12.6. The van der Waals surface area contributed by atoms with E-state index in [1.807, 2.05) is 57.3 Å². The molecule has 3 aromatic rings. The predicted octanol–water partition coefficient (Wildman–Crippen LogP) is 6.48. The second-order valence-corrected chi connectivity index (χ2v) is 11.0. The lowest BCUT2D eigenvalue weighted by Crippen LogP contribution is -2.33. The number of para-hydroxylation sites is 1. The van der Waals surface area contributed by atoms with Gasteiger partial charge in [0.05, 0.1) is 15.6 Å². The molecule has 1 aromatic heterocycles. The van der Waals surface area contributed by atoms with E-state index in [1.54, 1.807) is 22.9 Å². The lowest BCUT2D eigenvalue weighted by atomic mass is 9.86. The number of likely N-dealkylation sites (N-methyl/N-ethyl adjacent to an activating group) is 1. The Labute approximate surface area is 201 Å². The van der Waals surface area contributed by atoms with Crippen LogP contribution in [0.25, 0.3) is 0 Å². The SMILES string of the molecule is CC(C)Sc1ccccc1Nc1nc(Nc2ccc3c(c2)C(C)(C)C(=O)N3C)ncc1Br. The molecule has 0 spiro atoms. The molecule has 0 atom stereocenters. The Morgan fingerprint density at radius 2 is 1.88 bits per heavy atom. The second kappa shape index (κ2) is 8.75. The van der Waals surface area contributed by atoms with Gasteiger partial charge in [0.15, 0.2) is 0 Å². The number of nitrogens with one attached hydrogen (secondary N) is 2. The van der Waals surface area contributed by atoms with E-state index in [0.717, 1.165) is 32.0 Å². The third-order valence-electron chi connectivity index (χ3n) is 5.37. The molecule has 0 aliphatic carbocycles. The van der Waals surface area contributed by atoms with Gasteiger partial charge in [-0.25, -0.2) is 4.98 Å². The summed E-state index contributed by atoms with van der Waals surface area (Å²) in [6.45, 7) is 8.25. The van der Waals surface area contributed by atoms with Crippen molar-refractivity contribution in [3.63, 3.8) is 0 Å². The van der Waals surface area contributed by atoms with Crippen LogP contribution in [0.1, 0.15) is 33.3 Å². The number of anilines is 5. The third-order valence-corrected chi connectivity index (χ3v) is 7.04. The van der Waals surface area contributed by atoms with Crippen LogP contribution < -0.4 is 15.5 Å². The van der Waals surface area contributed by atoms with Crippen molar-refractivity contribution in [2.24, 2.45) is 0 Å². The summed E-state index contributed by atoms with van der Waals surface area (Å²) in [6, 6.07) is 14.1. The summed E-state index contributed by atoms with van der Waals surface area (Å²) in [6.07, 6.45) is 1.73. The molecule has 0 saturated carbocycles. The van der Waals surface area contributed by atoms with Crippen LogP contribution in [0.4, 0.5) is 28.8 Å². The molecule has 0 saturated heterocycles. The summed E-state index contributed by atoms with van der Waals surface area (Å²) in [4.78, 5) is 24.5. The van der Waals surface area contributed by atoms with Crippen LogP contribution in [-0.2, 0) is 10.2 Å². The smallest absolute Gasteiger partial charge is 0.236 e. The zero-order valence-corrected chi connectivity index (χ0v) is 21.1. The van der Waals surface area contributed by atoms with Gasteiger partial charge in [0.1, 0.15) is 5.82 Å². The van der Waals surface area contributed by atoms with Crippen molar-refractivity contribution < 1.29 is 4.79 Å². The molecule has 1 aliphatic rings. The maximum Gasteiger partial charge on any atom is 0.236 e. The van der Waals surface area contributed by atoms with E-state index < -0.39 is 5.41 Å². The van der Waals surface area contributed by atoms with Crippen LogP contribution in [0.2, 0.25) is 0 Å². The molecular formula is C24H26BrN5OS. The minimum Gasteiger partial charge on any atom is -0.338 e. The van der Waals surface area contributed by atoms with Gasteiger partial charge >= 0.3 is 0 Å². The Bertz CT molecular complexity index is 1180. The number of amides is 1. The molecule has 32 heavy (non-hydrogen) atoms. The Hall–Kier alpha value is -2.58. The van der Waals surface area contributed by atoms with Crippen molar-refractivity contribution in [3.8, 4) is 0 Å². The van der Waals surface area contributed by atoms with Crippen molar-refractivity contribution >= 4 is 62.4 Å². The summed E-state index contributed by atoms with van der Waals surface area (Å²) < 4.78 is 0.773. The molecule has 1 aliphatic heterocycles. The Balaban J connectivity index is 1.60. The topological polar surface area (TPSA) is 70.2 Å². The molecule has 2 heterocycles. The number of nitrogens with zero attached hydrogens (tertiary/aromatic N) is 3. The zero-order chi connectivity index (χ0) is 23.0. The fourth-order valence-electron chi connectivity index (χ4n) is 3.75. The first kappa shape index (κ1) is 22.6. The average Bonchev–Trinajstić information content (AvgIpc) is 2.91. The summed E-state index contributed by atoms with van der Waals surface area (Å²) in [7, 11) is 1.81. The number of carbonyl (C=O) groups is 1. The standard InChI is InChI=1S/C24H26BrN5OS/c1-14(2)32-20-9-7-6-8-18(20)28-21-17(25)13-26-23(29-21)27-15-10-11-19-16(12-15)24(3,4)22(31)30(19)5/h6-14H,1-5H3,(H2,26,27,28,29). The molecule has 2 aromatic carbocycles. The predicted molar refractivity (Wildman–Crippen MR) is 137 cm³/mol. The van der Waals surface area contributed by atoms with Gasteiger partial charge in [-0.15, -0.1) is 11.8 Å². The molecule has 166 valence electrons. The van der Waals surface area contributed by atoms with E-state index in [-0.39, 0.29) is 5.91 Å². The van der Waals surface area contributed by atoms with E-state index in [4.69, 9.17) is 0 Å². The molecule has 0 unspecified atom stereocenters. The van der Waals surface area contributed by atoms with Gasteiger partial charge in [0.25, 0.3) is 0 Å². The van der Waals surface area contributed by atoms with Crippen LogP contribution in [0.5, 0.6) is 0 Å². The Kier molecular flexibility index (Phi) is 6.18. The van der Waals surface area contributed by atoms with Gasteiger partial charge < -0.3 is 15.5 Å². The minimum absolute atomic E-state index is 0.0916. The van der Waals surface area contributed by atoms with Gasteiger partial charge in [0, 0.05) is 34.8 Å². The fraction of sp³-hybridized carbons (Fsp3) is 0.292. The molecule has 6 nitrogen and oxygen atoms in total. The van der Waals surface area contributed by atoms with Gasteiger partial charge in [-0.2, -0.15) is 4.98 Å². The van der Waals surface area contributed by atoms with Crippen molar-refractivity contribution in [3.05, 3.63) is 58.7 Å².